The lowest BCUT2D eigenvalue weighted by molar-refractivity contribution is -0.385. The van der Waals surface area contributed by atoms with E-state index in [0.717, 1.165) is 16.4 Å². The first kappa shape index (κ1) is 20.8. The number of hydroxylamine groups is 1. The summed E-state index contributed by atoms with van der Waals surface area (Å²) in [7, 11) is -4.33. The highest BCUT2D eigenvalue weighted by Gasteiger charge is 2.34. The van der Waals surface area contributed by atoms with E-state index in [1.165, 1.54) is 24.5 Å². The van der Waals surface area contributed by atoms with Crippen molar-refractivity contribution in [2.45, 2.75) is 24.4 Å². The normalized spacial score (nSPS) is 12.6. The number of halogens is 1. The van der Waals surface area contributed by atoms with Crippen LogP contribution in [0.25, 0.3) is 0 Å². The summed E-state index contributed by atoms with van der Waals surface area (Å²) in [6.07, 6.45) is 0. The lowest BCUT2D eigenvalue weighted by Crippen LogP contribution is -2.46. The van der Waals surface area contributed by atoms with E-state index in [0.29, 0.717) is 5.56 Å². The first-order valence-electron chi connectivity index (χ1n) is 7.62. The fourth-order valence-corrected chi connectivity index (χ4v) is 4.15. The summed E-state index contributed by atoms with van der Waals surface area (Å²) in [4.78, 5) is 21.7. The monoisotopic (exact) mass is 413 g/mol. The first-order valence-corrected chi connectivity index (χ1v) is 9.44. The van der Waals surface area contributed by atoms with E-state index in [9.17, 15) is 23.3 Å². The zero-order valence-corrected chi connectivity index (χ0v) is 15.6. The number of rotatable bonds is 7. The molecule has 1 atom stereocenters. The number of nitrogens with one attached hydrogen (secondary N) is 1. The third-order valence-corrected chi connectivity index (χ3v) is 6.12. The fraction of sp³-hybridized carbons (Fsp3) is 0.188. The number of hydrogen-bond donors (Lipinski definition) is 2. The van der Waals surface area contributed by atoms with Gasteiger partial charge in [-0.05, 0) is 24.6 Å². The Morgan fingerprint density at radius 1 is 1.30 bits per heavy atom. The lowest BCUT2D eigenvalue weighted by atomic mass is 10.2. The predicted molar refractivity (Wildman–Crippen MR) is 96.7 cm³/mol. The molecule has 0 aliphatic carbocycles. The molecule has 0 fully saturated rings. The summed E-state index contributed by atoms with van der Waals surface area (Å²) in [6.45, 7) is 0.997. The van der Waals surface area contributed by atoms with E-state index in [1.54, 1.807) is 24.3 Å². The Balaban J connectivity index is 2.54. The third-order valence-electron chi connectivity index (χ3n) is 3.84. The van der Waals surface area contributed by atoms with E-state index in [-0.39, 0.29) is 16.5 Å². The highest BCUT2D eigenvalue weighted by Crippen LogP contribution is 2.26. The van der Waals surface area contributed by atoms with Crippen molar-refractivity contribution < 1.29 is 23.3 Å². The van der Waals surface area contributed by atoms with Gasteiger partial charge in [-0.2, -0.15) is 4.31 Å². The average Bonchev–Trinajstić information content (AvgIpc) is 2.66. The second kappa shape index (κ2) is 8.44. The van der Waals surface area contributed by atoms with Crippen molar-refractivity contribution in [3.63, 3.8) is 0 Å². The van der Waals surface area contributed by atoms with Crippen LogP contribution in [0.15, 0.2) is 53.4 Å². The molecule has 2 aromatic carbocycles. The molecule has 11 heteroatoms. The standard InChI is InChI=1S/C16H16ClN3O6S/c1-11(16(21)18-22)19(10-12-5-2-3-8-15(12)17)27(25,26)14-7-4-6-13(9-14)20(23)24/h2-9,11,22H,10H2,1H3,(H,18,21). The zero-order chi connectivity index (χ0) is 20.2. The van der Waals surface area contributed by atoms with Gasteiger partial charge in [0.2, 0.25) is 10.0 Å². The molecule has 2 aromatic rings. The van der Waals surface area contributed by atoms with E-state index in [4.69, 9.17) is 16.8 Å². The number of sulfonamides is 1. The number of carbonyl (C=O) groups is 1. The Labute approximate surface area is 160 Å². The topological polar surface area (TPSA) is 130 Å². The minimum atomic E-state index is -4.33. The van der Waals surface area contributed by atoms with Crippen molar-refractivity contribution in [2.75, 3.05) is 0 Å². The second-order valence-electron chi connectivity index (χ2n) is 5.55. The van der Waals surface area contributed by atoms with Gasteiger partial charge in [-0.3, -0.25) is 20.1 Å². The zero-order valence-electron chi connectivity index (χ0n) is 14.1. The molecule has 2 N–H and O–H groups in total. The van der Waals surface area contributed by atoms with Crippen molar-refractivity contribution >= 4 is 33.2 Å². The quantitative estimate of drug-likeness (QED) is 0.407. The molecule has 1 unspecified atom stereocenters. The number of non-ortho nitro benzene ring substituents is 1. The molecule has 0 aliphatic rings. The first-order chi connectivity index (χ1) is 12.7. The van der Waals surface area contributed by atoms with Gasteiger partial charge in [-0.25, -0.2) is 13.9 Å². The minimum Gasteiger partial charge on any atom is -0.289 e. The van der Waals surface area contributed by atoms with Gasteiger partial charge < -0.3 is 0 Å². The van der Waals surface area contributed by atoms with Crippen LogP contribution in [-0.4, -0.2) is 34.8 Å². The SMILES string of the molecule is CC(C(=O)NO)N(Cc1ccccc1Cl)S(=O)(=O)c1cccc([N+](=O)[O-])c1. The van der Waals surface area contributed by atoms with Crippen molar-refractivity contribution in [3.8, 4) is 0 Å². The van der Waals surface area contributed by atoms with Gasteiger partial charge in [0.1, 0.15) is 6.04 Å². The molecule has 0 saturated carbocycles. The maximum atomic E-state index is 13.1. The smallest absolute Gasteiger partial charge is 0.270 e. The summed E-state index contributed by atoms with van der Waals surface area (Å²) in [5.41, 5.74) is 1.43. The van der Waals surface area contributed by atoms with Crippen LogP contribution in [0.3, 0.4) is 0 Å². The number of nitro groups is 1. The van der Waals surface area contributed by atoms with E-state index < -0.39 is 32.6 Å². The Morgan fingerprint density at radius 3 is 2.56 bits per heavy atom. The highest BCUT2D eigenvalue weighted by molar-refractivity contribution is 7.89. The maximum Gasteiger partial charge on any atom is 0.270 e. The van der Waals surface area contributed by atoms with Crippen molar-refractivity contribution in [2.24, 2.45) is 0 Å². The molecule has 144 valence electrons. The summed E-state index contributed by atoms with van der Waals surface area (Å²) < 4.78 is 27.0. The molecule has 0 spiro atoms. The van der Waals surface area contributed by atoms with Crippen LogP contribution in [0, 0.1) is 10.1 Å². The number of nitrogens with zero attached hydrogens (tertiary/aromatic N) is 2. The van der Waals surface area contributed by atoms with E-state index >= 15 is 0 Å². The molecule has 0 radical (unpaired) electrons. The molecule has 0 heterocycles. The summed E-state index contributed by atoms with van der Waals surface area (Å²) >= 11 is 6.09. The Bertz CT molecular complexity index is 966. The van der Waals surface area contributed by atoms with Crippen molar-refractivity contribution in [3.05, 3.63) is 69.2 Å². The van der Waals surface area contributed by atoms with Gasteiger partial charge in [0, 0.05) is 23.7 Å². The van der Waals surface area contributed by atoms with Crippen LogP contribution in [0.5, 0.6) is 0 Å². The average molecular weight is 414 g/mol. The van der Waals surface area contributed by atoms with Crippen LogP contribution in [0.2, 0.25) is 5.02 Å². The van der Waals surface area contributed by atoms with Gasteiger partial charge in [0.25, 0.3) is 11.6 Å². The Morgan fingerprint density at radius 2 is 1.96 bits per heavy atom. The largest absolute Gasteiger partial charge is 0.289 e. The Hall–Kier alpha value is -2.53. The van der Waals surface area contributed by atoms with Crippen LogP contribution in [-0.2, 0) is 21.4 Å². The van der Waals surface area contributed by atoms with Crippen LogP contribution < -0.4 is 5.48 Å². The van der Waals surface area contributed by atoms with Crippen LogP contribution in [0.1, 0.15) is 12.5 Å². The maximum absolute atomic E-state index is 13.1. The number of hydrogen-bond acceptors (Lipinski definition) is 6. The van der Waals surface area contributed by atoms with Gasteiger partial charge >= 0.3 is 0 Å². The summed E-state index contributed by atoms with van der Waals surface area (Å²) in [5.74, 6) is -0.962. The van der Waals surface area contributed by atoms with Gasteiger partial charge in [-0.1, -0.05) is 35.9 Å². The lowest BCUT2D eigenvalue weighted by Gasteiger charge is -2.27. The van der Waals surface area contributed by atoms with Crippen molar-refractivity contribution in [1.82, 2.24) is 9.79 Å². The molecule has 2 rings (SSSR count). The van der Waals surface area contributed by atoms with E-state index in [2.05, 4.69) is 0 Å². The molecular formula is C16H16ClN3O6S. The summed E-state index contributed by atoms with van der Waals surface area (Å²) in [5, 5.41) is 20.1. The van der Waals surface area contributed by atoms with Crippen LogP contribution in [0.4, 0.5) is 5.69 Å². The molecule has 1 amide bonds. The molecule has 27 heavy (non-hydrogen) atoms. The van der Waals surface area contributed by atoms with Gasteiger partial charge in [0.05, 0.1) is 9.82 Å². The second-order valence-corrected chi connectivity index (χ2v) is 7.85. The number of nitro benzene ring substituents is 1. The number of carbonyl (C=O) groups excluding carboxylic acids is 1. The third kappa shape index (κ3) is 4.61. The van der Waals surface area contributed by atoms with Crippen molar-refractivity contribution in [1.29, 1.82) is 0 Å². The highest BCUT2D eigenvalue weighted by atomic mass is 35.5. The number of amides is 1. The molecule has 0 aliphatic heterocycles. The molecular weight excluding hydrogens is 398 g/mol. The van der Waals surface area contributed by atoms with Crippen LogP contribution >= 0.6 is 11.6 Å². The predicted octanol–water partition coefficient (Wildman–Crippen LogP) is 2.33. The summed E-state index contributed by atoms with van der Waals surface area (Å²) in [6, 6.07) is 9.62. The molecule has 9 nitrogen and oxygen atoms in total. The minimum absolute atomic E-state index is 0.278. The van der Waals surface area contributed by atoms with E-state index in [1.807, 2.05) is 0 Å². The fourth-order valence-electron chi connectivity index (χ4n) is 2.34. The number of benzene rings is 2. The molecule has 0 bridgehead atoms. The van der Waals surface area contributed by atoms with Gasteiger partial charge in [0.15, 0.2) is 0 Å². The molecule has 0 saturated heterocycles. The molecule has 0 aromatic heterocycles. The Kier molecular flexibility index (Phi) is 6.50. The van der Waals surface area contributed by atoms with Gasteiger partial charge in [-0.15, -0.1) is 0 Å².